The first-order chi connectivity index (χ1) is 14.2. The van der Waals surface area contributed by atoms with Gasteiger partial charge in [0.05, 0.1) is 6.42 Å². The van der Waals surface area contributed by atoms with E-state index in [1.54, 1.807) is 12.1 Å². The monoisotopic (exact) mass is 437 g/mol. The molecule has 0 saturated carbocycles. The summed E-state index contributed by atoms with van der Waals surface area (Å²) in [5, 5.41) is 18.1. The molecule has 0 radical (unpaired) electrons. The lowest BCUT2D eigenvalue weighted by molar-refractivity contribution is -0.138. The SMILES string of the molecule is Cc1cc(C)c(CCCO[P+](=O)C[C@@H](O)CC(=O)O)c(OCc2ccc(F)cc2)c1. The third-order valence-electron chi connectivity index (χ3n) is 4.46. The molecule has 0 spiro atoms. The van der Waals surface area contributed by atoms with Crippen LogP contribution in [0.15, 0.2) is 36.4 Å². The fraction of sp³-hybridized carbons (Fsp3) is 0.409. The summed E-state index contributed by atoms with van der Waals surface area (Å²) in [5.74, 6) is -0.688. The Morgan fingerprint density at radius 3 is 2.57 bits per heavy atom. The molecule has 2 rings (SSSR count). The van der Waals surface area contributed by atoms with Gasteiger partial charge in [-0.3, -0.25) is 4.79 Å². The summed E-state index contributed by atoms with van der Waals surface area (Å²) >= 11 is 0. The van der Waals surface area contributed by atoms with E-state index in [9.17, 15) is 18.9 Å². The molecule has 1 unspecified atom stereocenters. The normalized spacial score (nSPS) is 12.5. The molecular formula is C22H27FO6P+. The molecule has 30 heavy (non-hydrogen) atoms. The van der Waals surface area contributed by atoms with Crippen molar-refractivity contribution >= 4 is 14.0 Å². The number of ether oxygens (including phenoxy) is 1. The molecule has 8 heteroatoms. The second-order valence-corrected chi connectivity index (χ2v) is 8.47. The van der Waals surface area contributed by atoms with Gasteiger partial charge in [-0.15, -0.1) is 4.52 Å². The van der Waals surface area contributed by atoms with Crippen LogP contribution in [0.3, 0.4) is 0 Å². The first kappa shape index (κ1) is 23.9. The summed E-state index contributed by atoms with van der Waals surface area (Å²) in [6.45, 7) is 4.52. The molecule has 6 nitrogen and oxygen atoms in total. The standard InChI is InChI=1S/C22H26FO6P/c1-15-10-16(2)20(4-3-9-29-30(27)14-19(24)12-22(25)26)21(11-15)28-13-17-5-7-18(23)8-6-17/h5-8,10-11,19,24H,3-4,9,12-14H2,1-2H3/p+1/t19-/m0/s1. The zero-order valence-electron chi connectivity index (χ0n) is 17.1. The number of carboxylic acid groups (broad SMARTS) is 1. The molecular weight excluding hydrogens is 410 g/mol. The number of carbonyl (C=O) groups is 1. The minimum Gasteiger partial charge on any atom is -0.489 e. The number of carboxylic acids is 1. The summed E-state index contributed by atoms with van der Waals surface area (Å²) in [6.07, 6.45) is -0.602. The van der Waals surface area contributed by atoms with Crippen molar-refractivity contribution in [2.45, 2.75) is 45.8 Å². The fourth-order valence-electron chi connectivity index (χ4n) is 3.06. The number of aliphatic carboxylic acids is 1. The third-order valence-corrected chi connectivity index (χ3v) is 5.65. The zero-order chi connectivity index (χ0) is 22.1. The highest BCUT2D eigenvalue weighted by molar-refractivity contribution is 7.39. The Morgan fingerprint density at radius 1 is 1.20 bits per heavy atom. The lowest BCUT2D eigenvalue weighted by Gasteiger charge is -2.15. The van der Waals surface area contributed by atoms with Crippen molar-refractivity contribution in [1.29, 1.82) is 0 Å². The Morgan fingerprint density at radius 2 is 1.90 bits per heavy atom. The van der Waals surface area contributed by atoms with Crippen LogP contribution in [0.25, 0.3) is 0 Å². The van der Waals surface area contributed by atoms with E-state index in [1.807, 2.05) is 19.9 Å². The highest BCUT2D eigenvalue weighted by Gasteiger charge is 2.25. The van der Waals surface area contributed by atoms with Gasteiger partial charge >= 0.3 is 14.0 Å². The molecule has 2 N–H and O–H groups in total. The molecule has 0 aliphatic rings. The molecule has 0 bridgehead atoms. The smallest absolute Gasteiger partial charge is 0.489 e. The minimum atomic E-state index is -2.12. The Balaban J connectivity index is 1.89. The van der Waals surface area contributed by atoms with Crippen LogP contribution in [0.5, 0.6) is 5.75 Å². The molecule has 0 aliphatic heterocycles. The van der Waals surface area contributed by atoms with Gasteiger partial charge in [0, 0.05) is 0 Å². The van der Waals surface area contributed by atoms with E-state index in [1.165, 1.54) is 12.1 Å². The molecule has 2 aromatic rings. The molecule has 162 valence electrons. The molecule has 0 fully saturated rings. The number of rotatable bonds is 12. The van der Waals surface area contributed by atoms with Crippen LogP contribution in [-0.4, -0.2) is 35.1 Å². The highest BCUT2D eigenvalue weighted by Crippen LogP contribution is 2.28. The Kier molecular flexibility index (Phi) is 9.37. The van der Waals surface area contributed by atoms with Crippen LogP contribution in [0, 0.1) is 19.7 Å². The van der Waals surface area contributed by atoms with E-state index >= 15 is 0 Å². The molecule has 0 aliphatic carbocycles. The van der Waals surface area contributed by atoms with E-state index < -0.39 is 26.5 Å². The average molecular weight is 437 g/mol. The van der Waals surface area contributed by atoms with Crippen molar-refractivity contribution in [1.82, 2.24) is 0 Å². The van der Waals surface area contributed by atoms with E-state index in [4.69, 9.17) is 14.4 Å². The predicted molar refractivity (Wildman–Crippen MR) is 112 cm³/mol. The van der Waals surface area contributed by atoms with Crippen LogP contribution in [-0.2, 0) is 26.9 Å². The van der Waals surface area contributed by atoms with Crippen LogP contribution < -0.4 is 4.74 Å². The van der Waals surface area contributed by atoms with E-state index in [2.05, 4.69) is 6.07 Å². The van der Waals surface area contributed by atoms with Crippen molar-refractivity contribution in [3.63, 3.8) is 0 Å². The second-order valence-electron chi connectivity index (χ2n) is 7.18. The summed E-state index contributed by atoms with van der Waals surface area (Å²) < 4.78 is 36.1. The Hall–Kier alpha value is -2.34. The van der Waals surface area contributed by atoms with E-state index in [0.29, 0.717) is 19.4 Å². The van der Waals surface area contributed by atoms with E-state index in [0.717, 1.165) is 28.0 Å². The van der Waals surface area contributed by atoms with Crippen molar-refractivity contribution in [2.75, 3.05) is 12.8 Å². The molecule has 0 saturated heterocycles. The summed E-state index contributed by atoms with van der Waals surface area (Å²) in [7, 11) is -2.12. The van der Waals surface area contributed by atoms with Crippen molar-refractivity contribution < 1.29 is 33.2 Å². The van der Waals surface area contributed by atoms with Gasteiger partial charge in [0.1, 0.15) is 30.9 Å². The largest absolute Gasteiger partial charge is 0.510 e. The van der Waals surface area contributed by atoms with Gasteiger partial charge in [-0.2, -0.15) is 0 Å². The molecule has 2 aromatic carbocycles. The summed E-state index contributed by atoms with van der Waals surface area (Å²) in [6, 6.07) is 10.2. The van der Waals surface area contributed by atoms with Gasteiger partial charge in [0.2, 0.25) is 6.16 Å². The lowest BCUT2D eigenvalue weighted by Crippen LogP contribution is -2.15. The number of halogens is 1. The van der Waals surface area contributed by atoms with Crippen molar-refractivity contribution in [3.8, 4) is 5.75 Å². The van der Waals surface area contributed by atoms with Crippen LogP contribution in [0.4, 0.5) is 4.39 Å². The van der Waals surface area contributed by atoms with Gasteiger partial charge in [0.25, 0.3) is 0 Å². The van der Waals surface area contributed by atoms with Crippen LogP contribution >= 0.6 is 8.03 Å². The van der Waals surface area contributed by atoms with Gasteiger partial charge in [-0.25, -0.2) is 4.39 Å². The molecule has 0 heterocycles. The molecule has 2 atom stereocenters. The van der Waals surface area contributed by atoms with Crippen molar-refractivity contribution in [3.05, 3.63) is 64.5 Å². The van der Waals surface area contributed by atoms with E-state index in [-0.39, 0.29) is 18.6 Å². The molecule has 0 amide bonds. The zero-order valence-corrected chi connectivity index (χ0v) is 18.0. The van der Waals surface area contributed by atoms with Gasteiger partial charge in [-0.1, -0.05) is 18.2 Å². The van der Waals surface area contributed by atoms with Crippen LogP contribution in [0.1, 0.15) is 35.1 Å². The maximum Gasteiger partial charge on any atom is 0.510 e. The Bertz CT molecular complexity index is 869. The number of aryl methyl sites for hydroxylation is 2. The Labute approximate surface area is 176 Å². The lowest BCUT2D eigenvalue weighted by atomic mass is 10.0. The summed E-state index contributed by atoms with van der Waals surface area (Å²) in [4.78, 5) is 10.5. The third kappa shape index (κ3) is 8.19. The molecule has 0 aromatic heterocycles. The number of hydrogen-bond acceptors (Lipinski definition) is 5. The highest BCUT2D eigenvalue weighted by atomic mass is 31.1. The minimum absolute atomic E-state index is 0.197. The topological polar surface area (TPSA) is 93.1 Å². The van der Waals surface area contributed by atoms with Crippen LogP contribution in [0.2, 0.25) is 0 Å². The predicted octanol–water partition coefficient (Wildman–Crippen LogP) is 4.55. The number of hydrogen-bond donors (Lipinski definition) is 2. The summed E-state index contributed by atoms with van der Waals surface area (Å²) in [5.41, 5.74) is 4.02. The van der Waals surface area contributed by atoms with Gasteiger partial charge in [-0.05, 0) is 71.7 Å². The van der Waals surface area contributed by atoms with Crippen molar-refractivity contribution in [2.24, 2.45) is 0 Å². The first-order valence-corrected chi connectivity index (χ1v) is 11.1. The van der Waals surface area contributed by atoms with Gasteiger partial charge < -0.3 is 14.9 Å². The average Bonchev–Trinajstić information content (AvgIpc) is 2.65. The fourth-order valence-corrected chi connectivity index (χ4v) is 3.97. The number of aliphatic hydroxyl groups excluding tert-OH is 1. The first-order valence-electron chi connectivity index (χ1n) is 9.69. The maximum absolute atomic E-state index is 13.1. The number of benzene rings is 2. The number of aliphatic hydroxyl groups is 1. The van der Waals surface area contributed by atoms with Gasteiger partial charge in [0.15, 0.2) is 0 Å². The maximum atomic E-state index is 13.1. The quantitative estimate of drug-likeness (QED) is 0.374. The second kappa shape index (κ2) is 11.7.